The summed E-state index contributed by atoms with van der Waals surface area (Å²) in [7, 11) is 1.56. The smallest absolute Gasteiger partial charge is 0.253 e. The van der Waals surface area contributed by atoms with Crippen LogP contribution in [0.25, 0.3) is 33.6 Å². The first kappa shape index (κ1) is 22.7. The zero-order valence-electron chi connectivity index (χ0n) is 19.8. The highest BCUT2D eigenvalue weighted by atomic mass is 19.1. The maximum absolute atomic E-state index is 14.6. The summed E-state index contributed by atoms with van der Waals surface area (Å²) in [5.74, 6) is 1.20. The van der Waals surface area contributed by atoms with Gasteiger partial charge in [-0.3, -0.25) is 9.89 Å². The highest BCUT2D eigenvalue weighted by molar-refractivity contribution is 5.95. The molecule has 2 N–H and O–H groups in total. The van der Waals surface area contributed by atoms with Gasteiger partial charge in [-0.25, -0.2) is 4.39 Å². The quantitative estimate of drug-likeness (QED) is 0.382. The molecule has 2 aliphatic rings. The maximum Gasteiger partial charge on any atom is 0.253 e. The van der Waals surface area contributed by atoms with Crippen molar-refractivity contribution in [1.82, 2.24) is 25.6 Å². The molecule has 4 aromatic rings. The summed E-state index contributed by atoms with van der Waals surface area (Å²) < 4.78 is 30.5. The number of methoxy groups -OCH3 is 1. The fraction of sp³-hybridized carbons (Fsp3) is 0.346. The van der Waals surface area contributed by atoms with Crippen LogP contribution in [0.4, 0.5) is 4.39 Å². The first-order valence-corrected chi connectivity index (χ1v) is 12.0. The number of aromatic nitrogens is 3. The maximum atomic E-state index is 14.6. The first-order valence-electron chi connectivity index (χ1n) is 12.0. The molecule has 2 unspecified atom stereocenters. The van der Waals surface area contributed by atoms with Crippen molar-refractivity contribution in [2.75, 3.05) is 46.5 Å². The van der Waals surface area contributed by atoms with Crippen LogP contribution in [0.1, 0.15) is 10.4 Å². The van der Waals surface area contributed by atoms with Gasteiger partial charge in [0, 0.05) is 61.9 Å². The third-order valence-corrected chi connectivity index (χ3v) is 7.01. The topological polar surface area (TPSA) is 106 Å². The Bertz CT molecular complexity index is 1390. The van der Waals surface area contributed by atoms with Crippen LogP contribution in [0.15, 0.2) is 47.0 Å². The molecular formula is C26H26FN5O4. The van der Waals surface area contributed by atoms with Gasteiger partial charge in [-0.05, 0) is 30.0 Å². The van der Waals surface area contributed by atoms with Crippen molar-refractivity contribution in [3.8, 4) is 28.5 Å². The Balaban J connectivity index is 1.19. The van der Waals surface area contributed by atoms with Gasteiger partial charge in [0.15, 0.2) is 17.3 Å². The molecule has 2 atom stereocenters. The van der Waals surface area contributed by atoms with E-state index in [1.807, 2.05) is 29.2 Å². The van der Waals surface area contributed by atoms with E-state index >= 15 is 0 Å². The number of halogens is 1. The van der Waals surface area contributed by atoms with Crippen LogP contribution in [-0.4, -0.2) is 72.7 Å². The molecule has 4 heterocycles. The molecule has 0 aliphatic carbocycles. The summed E-state index contributed by atoms with van der Waals surface area (Å²) >= 11 is 0. The molecule has 2 aromatic heterocycles. The molecule has 0 bridgehead atoms. The Morgan fingerprint density at radius 2 is 1.92 bits per heavy atom. The molecule has 0 spiro atoms. The number of hydrogen-bond donors (Lipinski definition) is 2. The molecule has 2 saturated heterocycles. The molecule has 36 heavy (non-hydrogen) atoms. The van der Waals surface area contributed by atoms with E-state index in [0.717, 1.165) is 31.7 Å². The van der Waals surface area contributed by atoms with Crippen molar-refractivity contribution in [2.45, 2.75) is 0 Å². The lowest BCUT2D eigenvalue weighted by Gasteiger charge is -2.17. The Kier molecular flexibility index (Phi) is 5.90. The number of hydrogen-bond acceptors (Lipinski definition) is 7. The third-order valence-electron chi connectivity index (χ3n) is 7.01. The minimum absolute atomic E-state index is 0.0624. The Morgan fingerprint density at radius 3 is 2.67 bits per heavy atom. The van der Waals surface area contributed by atoms with Crippen molar-refractivity contribution >= 4 is 16.8 Å². The zero-order chi connectivity index (χ0) is 24.6. The van der Waals surface area contributed by atoms with E-state index in [0.29, 0.717) is 52.1 Å². The molecule has 186 valence electrons. The lowest BCUT2D eigenvalue weighted by Crippen LogP contribution is -2.31. The van der Waals surface area contributed by atoms with Gasteiger partial charge in [-0.2, -0.15) is 5.10 Å². The lowest BCUT2D eigenvalue weighted by atomic mass is 10.0. The number of aromatic amines is 1. The third kappa shape index (κ3) is 4.12. The number of rotatable bonds is 7. The number of likely N-dealkylation sites (tertiary alicyclic amines) is 1. The predicted molar refractivity (Wildman–Crippen MR) is 130 cm³/mol. The van der Waals surface area contributed by atoms with Crippen LogP contribution < -0.4 is 10.1 Å². The minimum Gasteiger partial charge on any atom is -0.488 e. The van der Waals surface area contributed by atoms with Crippen molar-refractivity contribution in [3.63, 3.8) is 0 Å². The molecule has 2 fully saturated rings. The summed E-state index contributed by atoms with van der Waals surface area (Å²) in [6.07, 6.45) is 0. The Labute approximate surface area is 206 Å². The SMILES string of the molecule is COCCOc1cc2[nH]nc(-c3cc(-c4ccc(C(=O)N5CC6CNCC6C5)cc4)no3)c2cc1F. The number of H-pyrrole nitrogens is 1. The highest BCUT2D eigenvalue weighted by Gasteiger charge is 2.38. The highest BCUT2D eigenvalue weighted by Crippen LogP contribution is 2.33. The largest absolute Gasteiger partial charge is 0.488 e. The number of carbonyl (C=O) groups is 1. The molecule has 1 amide bonds. The average Bonchev–Trinajstić information content (AvgIpc) is 3.67. The molecular weight excluding hydrogens is 465 g/mol. The lowest BCUT2D eigenvalue weighted by molar-refractivity contribution is 0.0781. The van der Waals surface area contributed by atoms with Gasteiger partial charge in [0.1, 0.15) is 18.0 Å². The van der Waals surface area contributed by atoms with Crippen LogP contribution in [0, 0.1) is 17.7 Å². The Morgan fingerprint density at radius 1 is 1.14 bits per heavy atom. The number of nitrogens with zero attached hydrogens (tertiary/aromatic N) is 3. The predicted octanol–water partition coefficient (Wildman–Crippen LogP) is 3.34. The summed E-state index contributed by atoms with van der Waals surface area (Å²) in [6.45, 7) is 4.20. The van der Waals surface area contributed by atoms with Gasteiger partial charge >= 0.3 is 0 Å². The number of nitrogens with one attached hydrogen (secondary N) is 2. The second-order valence-corrected chi connectivity index (χ2v) is 9.28. The number of benzene rings is 2. The fourth-order valence-electron chi connectivity index (χ4n) is 5.06. The van der Waals surface area contributed by atoms with Gasteiger partial charge in [0.25, 0.3) is 5.91 Å². The molecule has 0 radical (unpaired) electrons. The van der Waals surface area contributed by atoms with Gasteiger partial charge in [-0.1, -0.05) is 17.3 Å². The monoisotopic (exact) mass is 491 g/mol. The number of ether oxygens (including phenoxy) is 2. The second kappa shape index (κ2) is 9.36. The normalized spacial score (nSPS) is 19.2. The van der Waals surface area contributed by atoms with Crippen LogP contribution in [0.2, 0.25) is 0 Å². The molecule has 2 aromatic carbocycles. The average molecular weight is 492 g/mol. The molecule has 0 saturated carbocycles. The van der Waals surface area contributed by atoms with Crippen LogP contribution in [0.5, 0.6) is 5.75 Å². The molecule has 6 rings (SSSR count). The van der Waals surface area contributed by atoms with Gasteiger partial charge in [-0.15, -0.1) is 0 Å². The van der Waals surface area contributed by atoms with Crippen LogP contribution >= 0.6 is 0 Å². The summed E-state index contributed by atoms with van der Waals surface area (Å²) in [6, 6.07) is 12.0. The van der Waals surface area contributed by atoms with Crippen molar-refractivity contribution < 1.29 is 23.2 Å². The van der Waals surface area contributed by atoms with E-state index in [1.54, 1.807) is 19.2 Å². The van der Waals surface area contributed by atoms with Gasteiger partial charge in [0.2, 0.25) is 0 Å². The van der Waals surface area contributed by atoms with E-state index in [9.17, 15) is 9.18 Å². The molecule has 9 nitrogen and oxygen atoms in total. The van der Waals surface area contributed by atoms with E-state index in [-0.39, 0.29) is 18.3 Å². The van der Waals surface area contributed by atoms with Crippen molar-refractivity contribution in [3.05, 3.63) is 53.8 Å². The van der Waals surface area contributed by atoms with Crippen molar-refractivity contribution in [1.29, 1.82) is 0 Å². The zero-order valence-corrected chi connectivity index (χ0v) is 19.8. The van der Waals surface area contributed by atoms with Crippen molar-refractivity contribution in [2.24, 2.45) is 11.8 Å². The Hall–Kier alpha value is -3.76. The number of carbonyl (C=O) groups excluding carboxylic acids is 1. The standard InChI is InChI=1S/C26H26FN5O4/c1-34-6-7-35-23-10-22-19(8-20(23)27)25(30-29-22)24-9-21(31-36-24)15-2-4-16(5-3-15)26(33)32-13-17-11-28-12-18(17)14-32/h2-5,8-10,17-18,28H,6-7,11-14H2,1H3,(H,29,30). The summed E-state index contributed by atoms with van der Waals surface area (Å²) in [5.41, 5.74) is 3.13. The van der Waals surface area contributed by atoms with E-state index in [2.05, 4.69) is 20.7 Å². The summed E-state index contributed by atoms with van der Waals surface area (Å²) in [5, 5.41) is 15.3. The molecule has 2 aliphatic heterocycles. The molecule has 10 heteroatoms. The summed E-state index contributed by atoms with van der Waals surface area (Å²) in [4.78, 5) is 14.9. The van der Waals surface area contributed by atoms with E-state index in [4.69, 9.17) is 14.0 Å². The van der Waals surface area contributed by atoms with Gasteiger partial charge in [0.05, 0.1) is 12.1 Å². The number of amides is 1. The van der Waals surface area contributed by atoms with Gasteiger partial charge < -0.3 is 24.2 Å². The van der Waals surface area contributed by atoms with Crippen LogP contribution in [0.3, 0.4) is 0 Å². The fourth-order valence-corrected chi connectivity index (χ4v) is 5.06. The van der Waals surface area contributed by atoms with Crippen LogP contribution in [-0.2, 0) is 4.74 Å². The minimum atomic E-state index is -0.501. The second-order valence-electron chi connectivity index (χ2n) is 9.28. The number of fused-ring (bicyclic) bond motifs is 2. The van der Waals surface area contributed by atoms with E-state index in [1.165, 1.54) is 6.07 Å². The first-order chi connectivity index (χ1) is 17.6. The van der Waals surface area contributed by atoms with E-state index < -0.39 is 5.82 Å².